The van der Waals surface area contributed by atoms with Crippen LogP contribution in [-0.4, -0.2) is 61.1 Å². The van der Waals surface area contributed by atoms with E-state index in [1.165, 1.54) is 55.6 Å². The molecule has 0 aliphatic carbocycles. The molecule has 0 N–H and O–H groups in total. The van der Waals surface area contributed by atoms with Crippen molar-refractivity contribution < 1.29 is 56.2 Å². The molecule has 0 aromatic heterocycles. The third-order valence-electron chi connectivity index (χ3n) is 8.97. The molecule has 292 valence electrons. The number of hydrogen-bond donors (Lipinski definition) is 0. The van der Waals surface area contributed by atoms with Crippen LogP contribution in [0.3, 0.4) is 0 Å². The zero-order valence-corrected chi connectivity index (χ0v) is 31.0. The van der Waals surface area contributed by atoms with Gasteiger partial charge < -0.3 is 28.6 Å². The lowest BCUT2D eigenvalue weighted by molar-refractivity contribution is -0.385. The molecule has 2 aliphatic rings. The first-order valence-electron chi connectivity index (χ1n) is 17.0. The molecule has 0 unspecified atom stereocenters. The fourth-order valence-corrected chi connectivity index (χ4v) is 7.83. The predicted molar refractivity (Wildman–Crippen MR) is 199 cm³/mol. The predicted octanol–water partition coefficient (Wildman–Crippen LogP) is 8.91. The molecule has 0 bridgehead atoms. The first-order chi connectivity index (χ1) is 27.3. The summed E-state index contributed by atoms with van der Waals surface area (Å²) in [6.07, 6.45) is -11.9. The van der Waals surface area contributed by atoms with Crippen LogP contribution in [0.4, 0.5) is 30.2 Å². The van der Waals surface area contributed by atoms with Crippen molar-refractivity contribution in [2.24, 2.45) is 0 Å². The Kier molecular flexibility index (Phi) is 11.1. The van der Waals surface area contributed by atoms with Crippen molar-refractivity contribution >= 4 is 58.3 Å². The number of alkyl halides is 3. The molecule has 12 nitrogen and oxygen atoms in total. The van der Waals surface area contributed by atoms with E-state index in [1.807, 2.05) is 0 Å². The van der Waals surface area contributed by atoms with Gasteiger partial charge in [0.25, 0.3) is 5.69 Å². The quantitative estimate of drug-likeness (QED) is 0.0574. The lowest BCUT2D eigenvalue weighted by Crippen LogP contribution is -2.47. The number of hydrogen-bond acceptors (Lipinski definition) is 12. The lowest BCUT2D eigenvalue weighted by atomic mass is 10.0. The van der Waals surface area contributed by atoms with Crippen molar-refractivity contribution in [3.63, 3.8) is 0 Å². The number of esters is 3. The number of methoxy groups -OCH3 is 1. The van der Waals surface area contributed by atoms with Crippen LogP contribution in [0, 0.1) is 10.1 Å². The Balaban J connectivity index is 1.43. The molecule has 57 heavy (non-hydrogen) atoms. The minimum absolute atomic E-state index is 0.00690. The summed E-state index contributed by atoms with van der Waals surface area (Å²) in [7, 11) is 1.26. The van der Waals surface area contributed by atoms with E-state index in [1.54, 1.807) is 54.6 Å². The first-order valence-corrected chi connectivity index (χ1v) is 18.2. The van der Waals surface area contributed by atoms with Gasteiger partial charge in [0.2, 0.25) is 0 Å². The molecule has 5 aromatic carbocycles. The zero-order chi connectivity index (χ0) is 40.4. The van der Waals surface area contributed by atoms with Gasteiger partial charge in [0.1, 0.15) is 24.1 Å². The first kappa shape index (κ1) is 39.1. The fourth-order valence-electron chi connectivity index (χ4n) is 6.40. The van der Waals surface area contributed by atoms with E-state index < -0.39 is 77.1 Å². The van der Waals surface area contributed by atoms with Crippen LogP contribution in [0.15, 0.2) is 125 Å². The van der Waals surface area contributed by atoms with Crippen molar-refractivity contribution in [1.29, 1.82) is 0 Å². The Labute approximate surface area is 331 Å². The standard InChI is InChI=1S/C40H28ClF3N2O10S/c1-52-28-18-17-27(41)35-32(28)45(31-26(40(42,43)44)19-25(46(50)51)20-30(31)57-35)36-34(56-39(49)24-15-9-4-10-16-24)33(55-38(48)23-13-7-3-8-14-23)29(54-36)21-53-37(47)22-11-5-2-6-12-22/h2-20,29,33-34,36H,21H2,1H3/t29-,33-,34-,36-/m1/s1. The average molecular weight is 821 g/mol. The summed E-state index contributed by atoms with van der Waals surface area (Å²) in [5, 5.41) is 12.0. The second kappa shape index (κ2) is 16.2. The van der Waals surface area contributed by atoms with E-state index in [4.69, 9.17) is 35.3 Å². The van der Waals surface area contributed by atoms with Crippen LogP contribution < -0.4 is 9.64 Å². The summed E-state index contributed by atoms with van der Waals surface area (Å²) in [6, 6.07) is 27.4. The van der Waals surface area contributed by atoms with Gasteiger partial charge in [0, 0.05) is 17.0 Å². The monoisotopic (exact) mass is 820 g/mol. The topological polar surface area (TPSA) is 144 Å². The second-order valence-electron chi connectivity index (χ2n) is 12.5. The highest BCUT2D eigenvalue weighted by molar-refractivity contribution is 8.00. The van der Waals surface area contributed by atoms with Gasteiger partial charge in [-0.2, -0.15) is 13.2 Å². The number of fused-ring (bicyclic) bond motifs is 2. The number of nitro groups is 1. The van der Waals surface area contributed by atoms with Crippen molar-refractivity contribution in [2.75, 3.05) is 18.6 Å². The Morgan fingerprint density at radius 3 is 1.88 bits per heavy atom. The molecule has 1 saturated heterocycles. The van der Waals surface area contributed by atoms with Crippen molar-refractivity contribution in [2.45, 2.75) is 40.5 Å². The third-order valence-corrected chi connectivity index (χ3v) is 10.5. The smallest absolute Gasteiger partial charge is 0.418 e. The number of halogens is 4. The van der Waals surface area contributed by atoms with Crippen LogP contribution in [0.25, 0.3) is 0 Å². The Bertz CT molecular complexity index is 2340. The number of carbonyl (C=O) groups excluding carboxylic acids is 3. The molecule has 0 spiro atoms. The largest absolute Gasteiger partial charge is 0.495 e. The van der Waals surface area contributed by atoms with Gasteiger partial charge in [-0.1, -0.05) is 78.0 Å². The van der Waals surface area contributed by atoms with Gasteiger partial charge in [0.05, 0.1) is 49.9 Å². The molecule has 4 atom stereocenters. The maximum absolute atomic E-state index is 15.2. The van der Waals surface area contributed by atoms with Gasteiger partial charge in [0.15, 0.2) is 18.4 Å². The highest BCUT2D eigenvalue weighted by atomic mass is 35.5. The summed E-state index contributed by atoms with van der Waals surface area (Å²) < 4.78 is 75.2. The van der Waals surface area contributed by atoms with Gasteiger partial charge in [-0.05, 0) is 48.5 Å². The van der Waals surface area contributed by atoms with Gasteiger partial charge in [-0.3, -0.25) is 10.1 Å². The number of ether oxygens (including phenoxy) is 5. The molecule has 0 saturated carbocycles. The molecular weight excluding hydrogens is 793 g/mol. The Hall–Kier alpha value is -6.10. The number of carbonyl (C=O) groups is 3. The number of nitrogens with zero attached hydrogens (tertiary/aromatic N) is 2. The molecule has 2 aliphatic heterocycles. The summed E-state index contributed by atoms with van der Waals surface area (Å²) in [5.41, 5.74) is -2.76. The maximum Gasteiger partial charge on any atom is 0.418 e. The second-order valence-corrected chi connectivity index (χ2v) is 14.0. The summed E-state index contributed by atoms with van der Waals surface area (Å²) in [5.74, 6) is -2.71. The number of benzene rings is 5. The van der Waals surface area contributed by atoms with Gasteiger partial charge >= 0.3 is 24.1 Å². The zero-order valence-electron chi connectivity index (χ0n) is 29.4. The maximum atomic E-state index is 15.2. The lowest BCUT2D eigenvalue weighted by Gasteiger charge is -2.40. The highest BCUT2D eigenvalue weighted by Crippen LogP contribution is 2.59. The normalized spacial score (nSPS) is 18.5. The number of nitro benzene ring substituents is 1. The van der Waals surface area contributed by atoms with E-state index >= 15 is 13.2 Å². The van der Waals surface area contributed by atoms with Crippen LogP contribution in [0.5, 0.6) is 5.75 Å². The van der Waals surface area contributed by atoms with E-state index in [9.17, 15) is 24.5 Å². The van der Waals surface area contributed by atoms with Gasteiger partial charge in [-0.15, -0.1) is 0 Å². The average Bonchev–Trinajstić information content (AvgIpc) is 3.54. The molecule has 17 heteroatoms. The fraction of sp³-hybridized carbons (Fsp3) is 0.175. The van der Waals surface area contributed by atoms with Crippen LogP contribution >= 0.6 is 23.4 Å². The van der Waals surface area contributed by atoms with Crippen LogP contribution in [-0.2, 0) is 25.1 Å². The highest BCUT2D eigenvalue weighted by Gasteiger charge is 2.56. The molecule has 5 aromatic rings. The molecule has 0 amide bonds. The summed E-state index contributed by atoms with van der Waals surface area (Å²) >= 11 is 7.39. The van der Waals surface area contributed by atoms with Crippen molar-refractivity contribution in [3.8, 4) is 5.75 Å². The number of anilines is 2. The molecular formula is C40H28ClF3N2O10S. The summed E-state index contributed by atoms with van der Waals surface area (Å²) in [4.78, 5) is 52.6. The Morgan fingerprint density at radius 1 is 0.807 bits per heavy atom. The van der Waals surface area contributed by atoms with E-state index in [-0.39, 0.29) is 42.9 Å². The van der Waals surface area contributed by atoms with Gasteiger partial charge in [-0.25, -0.2) is 14.4 Å². The summed E-state index contributed by atoms with van der Waals surface area (Å²) in [6.45, 7) is -0.641. The van der Waals surface area contributed by atoms with Crippen LogP contribution in [0.1, 0.15) is 36.6 Å². The third kappa shape index (κ3) is 7.96. The van der Waals surface area contributed by atoms with E-state index in [0.717, 1.165) is 22.7 Å². The molecule has 0 radical (unpaired) electrons. The van der Waals surface area contributed by atoms with E-state index in [0.29, 0.717) is 6.07 Å². The van der Waals surface area contributed by atoms with E-state index in [2.05, 4.69) is 0 Å². The minimum atomic E-state index is -5.20. The van der Waals surface area contributed by atoms with Crippen molar-refractivity contribution in [1.82, 2.24) is 0 Å². The van der Waals surface area contributed by atoms with Crippen molar-refractivity contribution in [3.05, 3.63) is 153 Å². The number of rotatable bonds is 10. The molecule has 2 heterocycles. The molecule has 7 rings (SSSR count). The molecule has 1 fully saturated rings. The SMILES string of the molecule is COc1ccc(Cl)c2c1N([C@@H]1O[C@H](COC(=O)c3ccccc3)[C@@H](OC(=O)c3ccccc3)[C@H]1OC(=O)c1ccccc1)c1c(cc([N+](=O)[O-])cc1C(F)(F)F)S2. The Morgan fingerprint density at radius 2 is 1.35 bits per heavy atom. The number of non-ortho nitro benzene ring substituents is 1. The minimum Gasteiger partial charge on any atom is -0.495 e. The van der Waals surface area contributed by atoms with Crippen LogP contribution in [0.2, 0.25) is 5.02 Å².